The van der Waals surface area contributed by atoms with Gasteiger partial charge in [-0.25, -0.2) is 0 Å². The third-order valence-corrected chi connectivity index (χ3v) is 2.72. The molecule has 0 aromatic carbocycles. The zero-order valence-corrected chi connectivity index (χ0v) is 10.4. The van der Waals surface area contributed by atoms with Crippen LogP contribution in [0.5, 0.6) is 0 Å². The lowest BCUT2D eigenvalue weighted by Gasteiger charge is -1.97. The fourth-order valence-electron chi connectivity index (χ4n) is 1.74. The van der Waals surface area contributed by atoms with Crippen LogP contribution in [0.2, 0.25) is 0 Å². The molecule has 0 saturated carbocycles. The average molecular weight is 217 g/mol. The summed E-state index contributed by atoms with van der Waals surface area (Å²) in [5.74, 6) is 0. The molecule has 16 heavy (non-hydrogen) atoms. The Labute approximate surface area is 99.6 Å². The smallest absolute Gasteiger partial charge is 0.0340 e. The average Bonchev–Trinajstić information content (AvgIpc) is 2.34. The molecule has 0 fully saturated rings. The van der Waals surface area contributed by atoms with Crippen molar-refractivity contribution in [2.75, 3.05) is 0 Å². The van der Waals surface area contributed by atoms with Gasteiger partial charge in [0.05, 0.1) is 0 Å². The van der Waals surface area contributed by atoms with E-state index >= 15 is 0 Å². The van der Waals surface area contributed by atoms with Gasteiger partial charge in [-0.2, -0.15) is 0 Å². The van der Waals surface area contributed by atoms with Gasteiger partial charge in [0.2, 0.25) is 0 Å². The highest BCUT2D eigenvalue weighted by Gasteiger charge is 1.88. The summed E-state index contributed by atoms with van der Waals surface area (Å²) in [5, 5.41) is 0. The van der Waals surface area contributed by atoms with Crippen LogP contribution in [-0.4, -0.2) is 4.98 Å². The third kappa shape index (κ3) is 6.39. The van der Waals surface area contributed by atoms with Crippen molar-refractivity contribution in [3.8, 4) is 0 Å². The molecule has 0 N–H and O–H groups in total. The first-order chi connectivity index (χ1) is 7.93. The molecule has 1 rings (SSSR count). The maximum Gasteiger partial charge on any atom is 0.0340 e. The Kier molecular flexibility index (Phi) is 7.40. The predicted octanol–water partition coefficient (Wildman–Crippen LogP) is 4.85. The Balaban J connectivity index is 2.01. The van der Waals surface area contributed by atoms with Gasteiger partial charge >= 0.3 is 0 Å². The minimum absolute atomic E-state index is 1.20. The number of rotatable bonds is 8. The van der Waals surface area contributed by atoms with Gasteiger partial charge in [0.25, 0.3) is 0 Å². The molecular weight excluding hydrogens is 194 g/mol. The van der Waals surface area contributed by atoms with Crippen LogP contribution in [0.3, 0.4) is 0 Å². The number of hydrogen-bond acceptors (Lipinski definition) is 1. The van der Waals surface area contributed by atoms with E-state index in [0.29, 0.717) is 0 Å². The summed E-state index contributed by atoms with van der Waals surface area (Å²) in [4.78, 5) is 4.08. The summed E-state index contributed by atoms with van der Waals surface area (Å²) in [7, 11) is 0. The van der Waals surface area contributed by atoms with E-state index in [9.17, 15) is 0 Å². The van der Waals surface area contributed by atoms with Gasteiger partial charge in [0.15, 0.2) is 0 Å². The highest BCUT2D eigenvalue weighted by molar-refractivity contribution is 5.46. The van der Waals surface area contributed by atoms with Gasteiger partial charge < -0.3 is 0 Å². The van der Waals surface area contributed by atoms with Crippen LogP contribution >= 0.6 is 0 Å². The number of pyridine rings is 1. The van der Waals surface area contributed by atoms with Crippen LogP contribution in [0, 0.1) is 0 Å². The van der Waals surface area contributed by atoms with Crippen LogP contribution in [0.25, 0.3) is 6.08 Å². The molecule has 1 aromatic heterocycles. The van der Waals surface area contributed by atoms with Crippen LogP contribution in [-0.2, 0) is 0 Å². The van der Waals surface area contributed by atoms with Crippen molar-refractivity contribution in [2.45, 2.75) is 51.9 Å². The van der Waals surface area contributed by atoms with Crippen molar-refractivity contribution in [3.63, 3.8) is 0 Å². The maximum atomic E-state index is 4.08. The second-order valence-corrected chi connectivity index (χ2v) is 4.25. The van der Waals surface area contributed by atoms with Crippen molar-refractivity contribution in [3.05, 3.63) is 36.2 Å². The van der Waals surface area contributed by atoms with E-state index in [2.05, 4.69) is 30.1 Å². The van der Waals surface area contributed by atoms with Gasteiger partial charge in [-0.1, -0.05) is 57.2 Å². The molecule has 1 heterocycles. The molecule has 88 valence electrons. The largest absolute Gasteiger partial charge is 0.264 e. The lowest BCUT2D eigenvalue weighted by Crippen LogP contribution is -1.78. The lowest BCUT2D eigenvalue weighted by atomic mass is 10.1. The SMILES string of the molecule is CCCCCCCC/C=C/c1cccnc1. The molecule has 0 saturated heterocycles. The number of aromatic nitrogens is 1. The van der Waals surface area contributed by atoms with E-state index in [4.69, 9.17) is 0 Å². The zero-order chi connectivity index (χ0) is 11.5. The summed E-state index contributed by atoms with van der Waals surface area (Å²) >= 11 is 0. The molecule has 0 atom stereocenters. The van der Waals surface area contributed by atoms with E-state index in [0.717, 1.165) is 0 Å². The molecule has 1 nitrogen and oxygen atoms in total. The molecule has 0 aliphatic carbocycles. The second kappa shape index (κ2) is 9.14. The topological polar surface area (TPSA) is 12.9 Å². The summed E-state index contributed by atoms with van der Waals surface area (Å²) in [6.45, 7) is 2.26. The molecule has 1 aromatic rings. The van der Waals surface area contributed by atoms with Gasteiger partial charge in [-0.05, 0) is 24.5 Å². The lowest BCUT2D eigenvalue weighted by molar-refractivity contribution is 0.611. The minimum atomic E-state index is 1.20. The fourth-order valence-corrected chi connectivity index (χ4v) is 1.74. The number of allylic oxidation sites excluding steroid dienone is 1. The van der Waals surface area contributed by atoms with Crippen molar-refractivity contribution >= 4 is 6.08 Å². The minimum Gasteiger partial charge on any atom is -0.264 e. The molecular formula is C15H23N. The van der Waals surface area contributed by atoms with Crippen molar-refractivity contribution in [2.24, 2.45) is 0 Å². The van der Waals surface area contributed by atoms with Crippen molar-refractivity contribution < 1.29 is 0 Å². The van der Waals surface area contributed by atoms with E-state index in [1.807, 2.05) is 18.5 Å². The van der Waals surface area contributed by atoms with Crippen molar-refractivity contribution in [1.82, 2.24) is 4.98 Å². The first kappa shape index (κ1) is 13.0. The molecule has 0 radical (unpaired) electrons. The summed E-state index contributed by atoms with van der Waals surface area (Å²) in [6.07, 6.45) is 17.6. The molecule has 0 aliphatic rings. The highest BCUT2D eigenvalue weighted by atomic mass is 14.6. The van der Waals surface area contributed by atoms with Crippen molar-refractivity contribution in [1.29, 1.82) is 0 Å². The molecule has 0 bridgehead atoms. The first-order valence-electron chi connectivity index (χ1n) is 6.50. The van der Waals surface area contributed by atoms with Gasteiger partial charge in [0, 0.05) is 12.4 Å². The van der Waals surface area contributed by atoms with E-state index in [1.54, 1.807) is 0 Å². The molecule has 1 heteroatoms. The number of unbranched alkanes of at least 4 members (excludes halogenated alkanes) is 6. The molecule has 0 unspecified atom stereocenters. The number of nitrogens with zero attached hydrogens (tertiary/aromatic N) is 1. The Morgan fingerprint density at radius 2 is 1.94 bits per heavy atom. The highest BCUT2D eigenvalue weighted by Crippen LogP contribution is 2.08. The van der Waals surface area contributed by atoms with E-state index in [1.165, 1.54) is 50.5 Å². The second-order valence-electron chi connectivity index (χ2n) is 4.25. The third-order valence-electron chi connectivity index (χ3n) is 2.72. The Hall–Kier alpha value is -1.11. The Bertz CT molecular complexity index is 277. The standard InChI is InChI=1S/C15H23N/c1-2-3-4-5-6-7-8-9-11-15-12-10-13-16-14-15/h9-14H,2-8H2,1H3/b11-9+. The van der Waals surface area contributed by atoms with Gasteiger partial charge in [-0.3, -0.25) is 4.98 Å². The summed E-state index contributed by atoms with van der Waals surface area (Å²) in [6, 6.07) is 4.06. The van der Waals surface area contributed by atoms with Crippen LogP contribution in [0.4, 0.5) is 0 Å². The van der Waals surface area contributed by atoms with E-state index in [-0.39, 0.29) is 0 Å². The van der Waals surface area contributed by atoms with Crippen LogP contribution in [0.1, 0.15) is 57.4 Å². The Morgan fingerprint density at radius 1 is 1.12 bits per heavy atom. The molecule has 0 amide bonds. The first-order valence-corrected chi connectivity index (χ1v) is 6.50. The van der Waals surface area contributed by atoms with E-state index < -0.39 is 0 Å². The number of hydrogen-bond donors (Lipinski definition) is 0. The molecule has 0 spiro atoms. The normalized spacial score (nSPS) is 11.1. The van der Waals surface area contributed by atoms with Gasteiger partial charge in [-0.15, -0.1) is 0 Å². The predicted molar refractivity (Wildman–Crippen MR) is 71.3 cm³/mol. The summed E-state index contributed by atoms with van der Waals surface area (Å²) in [5.41, 5.74) is 1.20. The van der Waals surface area contributed by atoms with Gasteiger partial charge in [0.1, 0.15) is 0 Å². The van der Waals surface area contributed by atoms with Crippen LogP contribution in [0.15, 0.2) is 30.6 Å². The Morgan fingerprint density at radius 3 is 2.69 bits per heavy atom. The maximum absolute atomic E-state index is 4.08. The summed E-state index contributed by atoms with van der Waals surface area (Å²) < 4.78 is 0. The van der Waals surface area contributed by atoms with Crippen LogP contribution < -0.4 is 0 Å². The quantitative estimate of drug-likeness (QED) is 0.567. The monoisotopic (exact) mass is 217 g/mol. The molecule has 0 aliphatic heterocycles. The fraction of sp³-hybridized carbons (Fsp3) is 0.533. The zero-order valence-electron chi connectivity index (χ0n) is 10.4.